The van der Waals surface area contributed by atoms with Gasteiger partial charge < -0.3 is 15.6 Å². The third kappa shape index (κ3) is 2.17. The topological polar surface area (TPSA) is 72.6 Å². The first kappa shape index (κ1) is 8.49. The second-order valence-electron chi connectivity index (χ2n) is 2.70. The van der Waals surface area contributed by atoms with Crippen LogP contribution >= 0.6 is 0 Å². The van der Waals surface area contributed by atoms with Gasteiger partial charge >= 0.3 is 0 Å². The Hall–Kier alpha value is -0.610. The van der Waals surface area contributed by atoms with E-state index in [2.05, 4.69) is 0 Å². The number of carbonyl (C=O) groups excluding carboxylic acids is 1. The molecule has 0 aromatic heterocycles. The van der Waals surface area contributed by atoms with E-state index < -0.39 is 12.0 Å². The van der Waals surface area contributed by atoms with Crippen LogP contribution in [0, 0.1) is 12.5 Å². The molecular weight excluding hydrogens is 146 g/mol. The SMILES string of the molecule is NC(=O)C1CC([CH]O)CCO1. The summed E-state index contributed by atoms with van der Waals surface area (Å²) in [6, 6.07) is 0. The molecule has 1 aliphatic rings. The minimum Gasteiger partial charge on any atom is -0.390 e. The van der Waals surface area contributed by atoms with E-state index >= 15 is 0 Å². The Morgan fingerprint density at radius 3 is 3.00 bits per heavy atom. The van der Waals surface area contributed by atoms with Crippen LogP contribution in [0.25, 0.3) is 0 Å². The van der Waals surface area contributed by atoms with Crippen molar-refractivity contribution in [3.8, 4) is 0 Å². The highest BCUT2D eigenvalue weighted by atomic mass is 16.5. The van der Waals surface area contributed by atoms with E-state index in [-0.39, 0.29) is 5.92 Å². The lowest BCUT2D eigenvalue weighted by atomic mass is 9.96. The van der Waals surface area contributed by atoms with E-state index in [0.29, 0.717) is 13.0 Å². The van der Waals surface area contributed by atoms with Crippen LogP contribution in [0.5, 0.6) is 0 Å². The molecule has 1 fully saturated rings. The van der Waals surface area contributed by atoms with Gasteiger partial charge in [-0.1, -0.05) is 0 Å². The molecule has 2 atom stereocenters. The van der Waals surface area contributed by atoms with Crippen LogP contribution in [-0.4, -0.2) is 23.7 Å². The monoisotopic (exact) mass is 158 g/mol. The van der Waals surface area contributed by atoms with Crippen LogP contribution in [0.1, 0.15) is 12.8 Å². The fourth-order valence-corrected chi connectivity index (χ4v) is 1.16. The zero-order valence-electron chi connectivity index (χ0n) is 6.19. The van der Waals surface area contributed by atoms with Gasteiger partial charge in [-0.3, -0.25) is 4.79 Å². The van der Waals surface area contributed by atoms with E-state index in [1.54, 1.807) is 0 Å². The number of aliphatic hydroxyl groups excluding tert-OH is 1. The van der Waals surface area contributed by atoms with Crippen molar-refractivity contribution in [3.63, 3.8) is 0 Å². The Kier molecular flexibility index (Phi) is 2.84. The second kappa shape index (κ2) is 3.69. The molecule has 0 aromatic carbocycles. The summed E-state index contributed by atoms with van der Waals surface area (Å²) in [5.41, 5.74) is 5.02. The molecule has 2 unspecified atom stereocenters. The molecule has 1 amide bonds. The number of carbonyl (C=O) groups is 1. The second-order valence-corrected chi connectivity index (χ2v) is 2.70. The van der Waals surface area contributed by atoms with E-state index in [1.807, 2.05) is 0 Å². The molecule has 63 valence electrons. The lowest BCUT2D eigenvalue weighted by Crippen LogP contribution is -2.37. The Morgan fingerprint density at radius 1 is 1.73 bits per heavy atom. The Labute approximate surface area is 65.3 Å². The third-order valence-electron chi connectivity index (χ3n) is 1.85. The van der Waals surface area contributed by atoms with Gasteiger partial charge in [0.2, 0.25) is 5.91 Å². The molecular formula is C7H12NO3. The van der Waals surface area contributed by atoms with Gasteiger partial charge in [-0.05, 0) is 18.8 Å². The first-order chi connectivity index (χ1) is 5.24. The Bertz CT molecular complexity index is 149. The van der Waals surface area contributed by atoms with Gasteiger partial charge in [0.25, 0.3) is 0 Å². The van der Waals surface area contributed by atoms with Crippen molar-refractivity contribution in [3.05, 3.63) is 6.61 Å². The van der Waals surface area contributed by atoms with E-state index in [0.717, 1.165) is 13.0 Å². The van der Waals surface area contributed by atoms with Gasteiger partial charge in [-0.15, -0.1) is 0 Å². The van der Waals surface area contributed by atoms with Crippen LogP contribution < -0.4 is 5.73 Å². The molecule has 0 spiro atoms. The first-order valence-corrected chi connectivity index (χ1v) is 3.62. The maximum absolute atomic E-state index is 10.6. The largest absolute Gasteiger partial charge is 0.390 e. The molecule has 1 rings (SSSR count). The quantitative estimate of drug-likeness (QED) is 0.584. The van der Waals surface area contributed by atoms with Gasteiger partial charge in [0, 0.05) is 6.61 Å². The van der Waals surface area contributed by atoms with Crippen LogP contribution in [-0.2, 0) is 9.53 Å². The highest BCUT2D eigenvalue weighted by molar-refractivity contribution is 5.78. The molecule has 1 radical (unpaired) electrons. The van der Waals surface area contributed by atoms with Crippen molar-refractivity contribution in [2.24, 2.45) is 11.7 Å². The molecule has 1 saturated heterocycles. The molecule has 0 aromatic rings. The van der Waals surface area contributed by atoms with Gasteiger partial charge in [-0.25, -0.2) is 0 Å². The number of primary amides is 1. The molecule has 1 heterocycles. The number of rotatable bonds is 2. The summed E-state index contributed by atoms with van der Waals surface area (Å²) in [6.07, 6.45) is 0.753. The molecule has 11 heavy (non-hydrogen) atoms. The normalized spacial score (nSPS) is 31.7. The predicted molar refractivity (Wildman–Crippen MR) is 37.9 cm³/mol. The van der Waals surface area contributed by atoms with Crippen molar-refractivity contribution >= 4 is 5.91 Å². The average molecular weight is 158 g/mol. The first-order valence-electron chi connectivity index (χ1n) is 3.62. The van der Waals surface area contributed by atoms with Crippen LogP contribution in [0.2, 0.25) is 0 Å². The molecule has 0 bridgehead atoms. The number of ether oxygens (including phenoxy) is 1. The van der Waals surface area contributed by atoms with Crippen molar-refractivity contribution in [2.75, 3.05) is 6.61 Å². The number of nitrogens with two attached hydrogens (primary N) is 1. The summed E-state index contributed by atoms with van der Waals surface area (Å²) >= 11 is 0. The molecule has 4 nitrogen and oxygen atoms in total. The van der Waals surface area contributed by atoms with Crippen LogP contribution in [0.4, 0.5) is 0 Å². The number of hydrogen-bond acceptors (Lipinski definition) is 3. The maximum Gasteiger partial charge on any atom is 0.246 e. The number of hydrogen-bond donors (Lipinski definition) is 2. The lowest BCUT2D eigenvalue weighted by molar-refractivity contribution is -0.133. The molecule has 3 N–H and O–H groups in total. The summed E-state index contributed by atoms with van der Waals surface area (Å²) in [6.45, 7) is 1.60. The van der Waals surface area contributed by atoms with Gasteiger partial charge in [0.1, 0.15) is 6.10 Å². The van der Waals surface area contributed by atoms with Crippen molar-refractivity contribution in [2.45, 2.75) is 18.9 Å². The van der Waals surface area contributed by atoms with Gasteiger partial charge in [0.15, 0.2) is 0 Å². The van der Waals surface area contributed by atoms with Gasteiger partial charge in [0.05, 0.1) is 6.61 Å². The molecule has 0 saturated carbocycles. The van der Waals surface area contributed by atoms with Crippen molar-refractivity contribution in [1.82, 2.24) is 0 Å². The highest BCUT2D eigenvalue weighted by Gasteiger charge is 2.25. The molecule has 0 aliphatic carbocycles. The fraction of sp³-hybridized carbons (Fsp3) is 0.714. The smallest absolute Gasteiger partial charge is 0.246 e. The summed E-state index contributed by atoms with van der Waals surface area (Å²) in [5, 5.41) is 8.66. The Balaban J connectivity index is 2.39. The van der Waals surface area contributed by atoms with E-state index in [1.165, 1.54) is 0 Å². The summed E-state index contributed by atoms with van der Waals surface area (Å²) < 4.78 is 5.07. The van der Waals surface area contributed by atoms with Crippen molar-refractivity contribution in [1.29, 1.82) is 0 Å². The summed E-state index contributed by atoms with van der Waals surface area (Å²) in [5.74, 6) is -0.391. The highest BCUT2D eigenvalue weighted by Crippen LogP contribution is 2.20. The van der Waals surface area contributed by atoms with Gasteiger partial charge in [-0.2, -0.15) is 0 Å². The van der Waals surface area contributed by atoms with Crippen LogP contribution in [0.15, 0.2) is 0 Å². The lowest BCUT2D eigenvalue weighted by Gasteiger charge is -2.25. The van der Waals surface area contributed by atoms with Crippen molar-refractivity contribution < 1.29 is 14.6 Å². The summed E-state index contributed by atoms with van der Waals surface area (Å²) in [4.78, 5) is 10.6. The van der Waals surface area contributed by atoms with Crippen LogP contribution in [0.3, 0.4) is 0 Å². The number of aliphatic hydroxyl groups is 1. The fourth-order valence-electron chi connectivity index (χ4n) is 1.16. The minimum absolute atomic E-state index is 0.0567. The average Bonchev–Trinajstić information content (AvgIpc) is 2.05. The standard InChI is InChI=1S/C7H12NO3/c8-7(10)6-3-5(4-9)1-2-11-6/h4-6,9H,1-3H2,(H2,8,10). The van der Waals surface area contributed by atoms with E-state index in [4.69, 9.17) is 15.6 Å². The number of amides is 1. The maximum atomic E-state index is 10.6. The predicted octanol–water partition coefficient (Wildman–Crippen LogP) is -0.199. The zero-order chi connectivity index (χ0) is 8.27. The molecule has 4 heteroatoms. The summed E-state index contributed by atoms with van der Waals surface area (Å²) in [7, 11) is 0. The molecule has 1 aliphatic heterocycles. The third-order valence-corrected chi connectivity index (χ3v) is 1.85. The zero-order valence-corrected chi connectivity index (χ0v) is 6.19. The van der Waals surface area contributed by atoms with E-state index in [9.17, 15) is 4.79 Å². The Morgan fingerprint density at radius 2 is 2.45 bits per heavy atom. The minimum atomic E-state index is -0.517.